The zero-order chi connectivity index (χ0) is 29.8. The molecule has 0 saturated heterocycles. The van der Waals surface area contributed by atoms with Crippen LogP contribution in [0.4, 0.5) is 0 Å². The molecule has 3 aromatic rings. The van der Waals surface area contributed by atoms with E-state index >= 15 is 0 Å². The van der Waals surface area contributed by atoms with Crippen LogP contribution in [0.3, 0.4) is 0 Å². The van der Waals surface area contributed by atoms with Gasteiger partial charge in [-0.3, -0.25) is 4.79 Å². The summed E-state index contributed by atoms with van der Waals surface area (Å²) in [6.07, 6.45) is 24.3. The number of hydrogen-bond acceptors (Lipinski definition) is 4. The van der Waals surface area contributed by atoms with Crippen molar-refractivity contribution in [3.05, 3.63) is 59.0 Å². The van der Waals surface area contributed by atoms with Crippen LogP contribution < -0.4 is 14.9 Å². The predicted octanol–water partition coefficient (Wildman–Crippen LogP) is 11.5. The zero-order valence-electron chi connectivity index (χ0n) is 26.8. The Labute approximate surface area is 255 Å². The van der Waals surface area contributed by atoms with E-state index in [1.165, 1.54) is 96.3 Å². The first-order chi connectivity index (χ1) is 20.6. The molecule has 0 atom stereocenters. The van der Waals surface area contributed by atoms with E-state index in [1.807, 2.05) is 42.5 Å². The fraction of sp³-hybridized carbons (Fsp3) is 0.605. The van der Waals surface area contributed by atoms with E-state index in [0.717, 1.165) is 29.9 Å². The van der Waals surface area contributed by atoms with E-state index in [4.69, 9.17) is 13.9 Å². The van der Waals surface area contributed by atoms with E-state index in [9.17, 15) is 4.79 Å². The highest BCUT2D eigenvalue weighted by atomic mass is 16.5. The van der Waals surface area contributed by atoms with Gasteiger partial charge in [0.1, 0.15) is 23.3 Å². The Bertz CT molecular complexity index is 1180. The van der Waals surface area contributed by atoms with E-state index in [0.29, 0.717) is 35.7 Å². The van der Waals surface area contributed by atoms with Gasteiger partial charge >= 0.3 is 0 Å². The summed E-state index contributed by atoms with van der Waals surface area (Å²) in [5.74, 6) is 2.18. The molecule has 1 heterocycles. The van der Waals surface area contributed by atoms with Crippen LogP contribution in [-0.4, -0.2) is 13.2 Å². The molecular weight excluding hydrogens is 520 g/mol. The van der Waals surface area contributed by atoms with E-state index in [2.05, 4.69) is 20.8 Å². The molecule has 3 rings (SSSR count). The summed E-state index contributed by atoms with van der Waals surface area (Å²) in [7, 11) is 0. The average molecular weight is 577 g/mol. The summed E-state index contributed by atoms with van der Waals surface area (Å²) in [5.41, 5.74) is 1.90. The van der Waals surface area contributed by atoms with Gasteiger partial charge in [0.05, 0.1) is 24.2 Å². The molecule has 0 radical (unpaired) electrons. The van der Waals surface area contributed by atoms with E-state index < -0.39 is 0 Å². The lowest BCUT2D eigenvalue weighted by Crippen LogP contribution is -2.05. The maximum atomic E-state index is 13.2. The summed E-state index contributed by atoms with van der Waals surface area (Å²) in [5, 5.41) is 0.569. The summed E-state index contributed by atoms with van der Waals surface area (Å²) in [6, 6.07) is 13.2. The Kier molecular flexibility index (Phi) is 16.2. The molecule has 0 spiro atoms. The minimum absolute atomic E-state index is 0.0333. The summed E-state index contributed by atoms with van der Waals surface area (Å²) >= 11 is 0. The van der Waals surface area contributed by atoms with Gasteiger partial charge in [-0.25, -0.2) is 0 Å². The second-order valence-corrected chi connectivity index (χ2v) is 12.3. The quantitative estimate of drug-likeness (QED) is 0.105. The van der Waals surface area contributed by atoms with E-state index in [-0.39, 0.29) is 5.43 Å². The third-order valence-corrected chi connectivity index (χ3v) is 8.14. The lowest BCUT2D eigenvalue weighted by molar-refractivity contribution is 0.289. The Morgan fingerprint density at radius 2 is 1.17 bits per heavy atom. The van der Waals surface area contributed by atoms with Crippen molar-refractivity contribution >= 4 is 11.0 Å². The van der Waals surface area contributed by atoms with Crippen LogP contribution in [0.2, 0.25) is 0 Å². The highest BCUT2D eigenvalue weighted by Gasteiger charge is 2.11. The maximum absolute atomic E-state index is 13.2. The second kappa shape index (κ2) is 20.2. The molecule has 0 unspecified atom stereocenters. The summed E-state index contributed by atoms with van der Waals surface area (Å²) < 4.78 is 17.6. The van der Waals surface area contributed by atoms with Crippen molar-refractivity contribution < 1.29 is 13.9 Å². The Morgan fingerprint density at radius 1 is 0.643 bits per heavy atom. The first-order valence-corrected chi connectivity index (χ1v) is 17.0. The number of rotatable bonds is 23. The third kappa shape index (κ3) is 12.6. The molecule has 232 valence electrons. The van der Waals surface area contributed by atoms with E-state index in [1.54, 1.807) is 6.26 Å². The SMILES string of the molecule is CCCCCCCCCCCCCCCCCCOc1ccc2c(=O)c(-c3ccc(OCCC(C)C)cc3)coc2c1. The van der Waals surface area contributed by atoms with Gasteiger partial charge in [-0.15, -0.1) is 0 Å². The normalized spacial score (nSPS) is 11.4. The molecule has 0 fully saturated rings. The largest absolute Gasteiger partial charge is 0.494 e. The topological polar surface area (TPSA) is 48.7 Å². The standard InChI is InChI=1S/C38H56O4/c1-4-5-6-7-8-9-10-11-12-13-14-15-16-17-18-19-27-40-34-24-25-35-37(29-34)42-30-36(38(35)39)32-20-22-33(23-21-32)41-28-26-31(2)3/h20-25,29-31H,4-19,26-28H2,1-3H3. The van der Waals surface area contributed by atoms with Crippen LogP contribution in [0, 0.1) is 5.92 Å². The first-order valence-electron chi connectivity index (χ1n) is 17.0. The smallest absolute Gasteiger partial charge is 0.200 e. The van der Waals surface area contributed by atoms with Crippen molar-refractivity contribution in [2.45, 2.75) is 130 Å². The fourth-order valence-corrected chi connectivity index (χ4v) is 5.38. The van der Waals surface area contributed by atoms with Crippen LogP contribution in [-0.2, 0) is 0 Å². The molecule has 0 N–H and O–H groups in total. The van der Waals surface area contributed by atoms with Crippen molar-refractivity contribution in [1.82, 2.24) is 0 Å². The minimum Gasteiger partial charge on any atom is -0.494 e. The first kappa shape index (κ1) is 33.7. The van der Waals surface area contributed by atoms with Crippen molar-refractivity contribution in [3.63, 3.8) is 0 Å². The molecule has 0 saturated carbocycles. The predicted molar refractivity (Wildman–Crippen MR) is 178 cm³/mol. The summed E-state index contributed by atoms with van der Waals surface area (Å²) in [4.78, 5) is 13.2. The van der Waals surface area contributed by atoms with Crippen LogP contribution in [0.25, 0.3) is 22.1 Å². The minimum atomic E-state index is -0.0333. The van der Waals surface area contributed by atoms with Gasteiger partial charge in [-0.05, 0) is 48.6 Å². The third-order valence-electron chi connectivity index (χ3n) is 8.14. The molecule has 4 heteroatoms. The highest BCUT2D eigenvalue weighted by Crippen LogP contribution is 2.25. The molecular formula is C38H56O4. The number of hydrogen-bond donors (Lipinski definition) is 0. The number of benzene rings is 2. The molecule has 4 nitrogen and oxygen atoms in total. The Hall–Kier alpha value is -2.75. The number of fused-ring (bicyclic) bond motifs is 1. The molecule has 0 aliphatic heterocycles. The molecule has 1 aromatic heterocycles. The fourth-order valence-electron chi connectivity index (χ4n) is 5.38. The van der Waals surface area contributed by atoms with Gasteiger partial charge in [0.2, 0.25) is 0 Å². The van der Waals surface area contributed by atoms with Crippen LogP contribution in [0.15, 0.2) is 57.9 Å². The lowest BCUT2D eigenvalue weighted by atomic mass is 10.0. The molecule has 0 amide bonds. The van der Waals surface area contributed by atoms with Gasteiger partial charge < -0.3 is 13.9 Å². The molecule has 0 bridgehead atoms. The Balaban J connectivity index is 1.28. The maximum Gasteiger partial charge on any atom is 0.200 e. The zero-order valence-corrected chi connectivity index (χ0v) is 26.8. The lowest BCUT2D eigenvalue weighted by Gasteiger charge is -2.09. The number of unbranched alkanes of at least 4 members (excludes halogenated alkanes) is 15. The monoisotopic (exact) mass is 576 g/mol. The average Bonchev–Trinajstić information content (AvgIpc) is 2.99. The molecule has 2 aromatic carbocycles. The molecule has 42 heavy (non-hydrogen) atoms. The van der Waals surface area contributed by atoms with Crippen molar-refractivity contribution in [3.8, 4) is 22.6 Å². The van der Waals surface area contributed by atoms with Gasteiger partial charge in [0.15, 0.2) is 5.43 Å². The van der Waals surface area contributed by atoms with Gasteiger partial charge in [0.25, 0.3) is 0 Å². The van der Waals surface area contributed by atoms with Gasteiger partial charge in [-0.2, -0.15) is 0 Å². The Morgan fingerprint density at radius 3 is 1.74 bits per heavy atom. The van der Waals surface area contributed by atoms with Crippen LogP contribution >= 0.6 is 0 Å². The second-order valence-electron chi connectivity index (χ2n) is 12.3. The highest BCUT2D eigenvalue weighted by molar-refractivity contribution is 5.82. The van der Waals surface area contributed by atoms with Crippen LogP contribution in [0.1, 0.15) is 130 Å². The van der Waals surface area contributed by atoms with Gasteiger partial charge in [-0.1, -0.05) is 129 Å². The summed E-state index contributed by atoms with van der Waals surface area (Å²) in [6.45, 7) is 8.04. The van der Waals surface area contributed by atoms with Crippen LogP contribution in [0.5, 0.6) is 11.5 Å². The number of ether oxygens (including phenoxy) is 2. The van der Waals surface area contributed by atoms with Crippen molar-refractivity contribution in [1.29, 1.82) is 0 Å². The van der Waals surface area contributed by atoms with Gasteiger partial charge in [0, 0.05) is 6.07 Å². The van der Waals surface area contributed by atoms with Crippen molar-refractivity contribution in [2.24, 2.45) is 5.92 Å². The van der Waals surface area contributed by atoms with Crippen molar-refractivity contribution in [2.75, 3.05) is 13.2 Å². The molecule has 0 aliphatic rings. The molecule has 0 aliphatic carbocycles.